The van der Waals surface area contributed by atoms with Gasteiger partial charge < -0.3 is 4.90 Å². The van der Waals surface area contributed by atoms with Crippen molar-refractivity contribution in [2.24, 2.45) is 15.5 Å². The van der Waals surface area contributed by atoms with Crippen LogP contribution in [0.15, 0.2) is 58.6 Å². The topological polar surface area (TPSA) is 108 Å². The molecule has 2 aromatic carbocycles. The van der Waals surface area contributed by atoms with E-state index in [1.165, 1.54) is 10.5 Å². The van der Waals surface area contributed by atoms with E-state index < -0.39 is 11.3 Å². The van der Waals surface area contributed by atoms with E-state index in [0.29, 0.717) is 23.0 Å². The second kappa shape index (κ2) is 9.47. The van der Waals surface area contributed by atoms with Crippen LogP contribution in [0.1, 0.15) is 40.4 Å². The van der Waals surface area contributed by atoms with E-state index in [1.807, 2.05) is 12.1 Å². The molecule has 2 heterocycles. The maximum absolute atomic E-state index is 10.9. The van der Waals surface area contributed by atoms with Crippen molar-refractivity contribution in [1.29, 1.82) is 0 Å². The van der Waals surface area contributed by atoms with Crippen LogP contribution in [-0.2, 0) is 11.3 Å². The average Bonchev–Trinajstić information content (AvgIpc) is 3.35. The number of aliphatic imine (C=N–C) groups is 1. The summed E-state index contributed by atoms with van der Waals surface area (Å²) in [5, 5.41) is 9.28. The highest BCUT2D eigenvalue weighted by atomic mass is 32.2. The van der Waals surface area contributed by atoms with Gasteiger partial charge >= 0.3 is 0 Å². The van der Waals surface area contributed by atoms with Gasteiger partial charge in [-0.1, -0.05) is 20.8 Å². The van der Waals surface area contributed by atoms with Crippen LogP contribution >= 0.6 is 0 Å². The van der Waals surface area contributed by atoms with Crippen molar-refractivity contribution in [3.63, 3.8) is 0 Å². The van der Waals surface area contributed by atoms with Gasteiger partial charge in [-0.25, -0.2) is 14.2 Å². The Kier molecular flexibility index (Phi) is 6.63. The summed E-state index contributed by atoms with van der Waals surface area (Å²) in [4.78, 5) is 13.5. The van der Waals surface area contributed by atoms with Crippen LogP contribution in [0.3, 0.4) is 0 Å². The van der Waals surface area contributed by atoms with Gasteiger partial charge in [0.25, 0.3) is 11.3 Å². The Morgan fingerprint density at radius 3 is 2.26 bits per heavy atom. The van der Waals surface area contributed by atoms with E-state index in [0.717, 1.165) is 30.1 Å². The Balaban J connectivity index is 1.69. The molecule has 1 atom stereocenters. The van der Waals surface area contributed by atoms with E-state index in [4.69, 9.17) is 19.6 Å². The van der Waals surface area contributed by atoms with Gasteiger partial charge in [-0.15, -0.1) is 9.89 Å². The van der Waals surface area contributed by atoms with Gasteiger partial charge in [0.2, 0.25) is 5.82 Å². The van der Waals surface area contributed by atoms with Gasteiger partial charge in [-0.05, 0) is 62.4 Å². The number of rotatable bonds is 7. The highest BCUT2D eigenvalue weighted by molar-refractivity contribution is 7.80. The van der Waals surface area contributed by atoms with Crippen molar-refractivity contribution in [3.05, 3.63) is 54.4 Å². The molecule has 1 aliphatic rings. The quantitative estimate of drug-likeness (QED) is 0.477. The Bertz CT molecular complexity index is 1250. The molecule has 1 aliphatic heterocycles. The van der Waals surface area contributed by atoms with E-state index in [9.17, 15) is 4.21 Å². The van der Waals surface area contributed by atoms with Crippen LogP contribution in [-0.4, -0.2) is 48.1 Å². The Morgan fingerprint density at radius 1 is 1.06 bits per heavy atom. The lowest BCUT2D eigenvalue weighted by molar-refractivity contribution is 0.570. The van der Waals surface area contributed by atoms with E-state index >= 15 is 0 Å². The smallest absolute Gasteiger partial charge is 0.259 e. The van der Waals surface area contributed by atoms with E-state index in [-0.39, 0.29) is 5.41 Å². The van der Waals surface area contributed by atoms with Crippen molar-refractivity contribution >= 4 is 39.8 Å². The molecule has 9 nitrogen and oxygen atoms in total. The van der Waals surface area contributed by atoms with Crippen LogP contribution in [0.4, 0.5) is 17.1 Å². The fourth-order valence-corrected chi connectivity index (χ4v) is 4.08. The summed E-state index contributed by atoms with van der Waals surface area (Å²) in [5.41, 5.74) is 4.58. The van der Waals surface area contributed by atoms with Crippen LogP contribution < -0.4 is 9.62 Å². The maximum atomic E-state index is 10.9. The van der Waals surface area contributed by atoms with Crippen molar-refractivity contribution in [2.75, 3.05) is 22.7 Å². The molecule has 1 unspecified atom stereocenters. The van der Waals surface area contributed by atoms with Gasteiger partial charge in [0.05, 0.1) is 11.4 Å². The number of hydrogen-bond acceptors (Lipinski definition) is 6. The summed E-state index contributed by atoms with van der Waals surface area (Å²) in [5.74, 6) is 1.10. The van der Waals surface area contributed by atoms with Crippen LogP contribution in [0.25, 0.3) is 11.4 Å². The first kappa shape index (κ1) is 23.8. The molecule has 0 saturated heterocycles. The van der Waals surface area contributed by atoms with Gasteiger partial charge in [-0.3, -0.25) is 9.27 Å². The van der Waals surface area contributed by atoms with Gasteiger partial charge in [0.1, 0.15) is 5.71 Å². The zero-order valence-electron chi connectivity index (χ0n) is 20.0. The predicted molar refractivity (Wildman–Crippen MR) is 138 cm³/mol. The normalized spacial score (nSPS) is 15.2. The molecular formula is C24H29N7O2S. The number of benzene rings is 2. The third kappa shape index (κ3) is 4.92. The molecule has 178 valence electrons. The van der Waals surface area contributed by atoms with Crippen molar-refractivity contribution in [3.8, 4) is 11.4 Å². The maximum Gasteiger partial charge on any atom is 0.259 e. The lowest BCUT2D eigenvalue weighted by Gasteiger charge is -2.21. The molecule has 4 rings (SSSR count). The van der Waals surface area contributed by atoms with Crippen molar-refractivity contribution in [1.82, 2.24) is 14.9 Å². The SMILES string of the molecule is CCN(CC)c1ccc(N=C2C(C(C)(C)C)=Nn3nc(-c4ccc(NS(=O)O)cc4)nc32)cc1. The Hall–Kier alpha value is -3.37. The first-order chi connectivity index (χ1) is 16.2. The zero-order chi connectivity index (χ0) is 24.5. The fraction of sp³-hybridized carbons (Fsp3) is 0.333. The Labute approximate surface area is 202 Å². The minimum atomic E-state index is -2.12. The van der Waals surface area contributed by atoms with Gasteiger partial charge in [-0.2, -0.15) is 5.10 Å². The number of nitrogens with one attached hydrogen (secondary N) is 1. The molecule has 3 aromatic rings. The summed E-state index contributed by atoms with van der Waals surface area (Å²) >= 11 is -2.12. The molecule has 0 amide bonds. The minimum absolute atomic E-state index is 0.240. The third-order valence-corrected chi connectivity index (χ3v) is 5.91. The second-order valence-corrected chi connectivity index (χ2v) is 9.63. The average molecular weight is 480 g/mol. The van der Waals surface area contributed by atoms with Crippen molar-refractivity contribution in [2.45, 2.75) is 34.6 Å². The lowest BCUT2D eigenvalue weighted by atomic mass is 9.87. The van der Waals surface area contributed by atoms with Crippen molar-refractivity contribution < 1.29 is 8.76 Å². The molecule has 0 saturated carbocycles. The molecule has 34 heavy (non-hydrogen) atoms. The highest BCUT2D eigenvalue weighted by Crippen LogP contribution is 2.29. The standard InChI is InChI=1S/C24H29N7O2S/c1-6-30(7-2)19-14-12-17(13-15-19)25-20-21(24(3,4)5)27-31-23(20)26-22(28-31)16-8-10-18(11-9-16)29-34(32)33/h8-15,29H,6-7H2,1-5H3,(H,32,33). The van der Waals surface area contributed by atoms with Crippen LogP contribution in [0.5, 0.6) is 0 Å². The van der Waals surface area contributed by atoms with Gasteiger partial charge in [0.15, 0.2) is 5.82 Å². The van der Waals surface area contributed by atoms with Crippen LogP contribution in [0.2, 0.25) is 0 Å². The number of anilines is 2. The summed E-state index contributed by atoms with van der Waals surface area (Å²) < 4.78 is 22.4. The summed E-state index contributed by atoms with van der Waals surface area (Å²) in [6.45, 7) is 12.5. The number of nitrogens with zero attached hydrogens (tertiary/aromatic N) is 6. The molecule has 10 heteroatoms. The second-order valence-electron chi connectivity index (χ2n) is 8.92. The molecule has 0 spiro atoms. The van der Waals surface area contributed by atoms with Gasteiger partial charge in [0, 0.05) is 35.4 Å². The molecule has 1 aromatic heterocycles. The molecule has 0 fully saturated rings. The summed E-state index contributed by atoms with van der Waals surface area (Å²) in [7, 11) is 0. The van der Waals surface area contributed by atoms with E-state index in [1.54, 1.807) is 24.3 Å². The highest BCUT2D eigenvalue weighted by Gasteiger charge is 2.34. The first-order valence-corrected chi connectivity index (χ1v) is 12.3. The fourth-order valence-electron chi connectivity index (χ4n) is 3.74. The third-order valence-electron chi connectivity index (χ3n) is 5.50. The Morgan fingerprint density at radius 2 is 1.71 bits per heavy atom. The zero-order valence-corrected chi connectivity index (χ0v) is 20.8. The molecule has 0 radical (unpaired) electrons. The predicted octanol–water partition coefficient (Wildman–Crippen LogP) is 4.72. The molecule has 2 N–H and O–H groups in total. The number of hydrogen-bond donors (Lipinski definition) is 2. The minimum Gasteiger partial charge on any atom is -0.372 e. The number of fused-ring (bicyclic) bond motifs is 1. The molecule has 0 aliphatic carbocycles. The largest absolute Gasteiger partial charge is 0.372 e. The summed E-state index contributed by atoms with van der Waals surface area (Å²) in [6.07, 6.45) is 0. The molecule has 0 bridgehead atoms. The monoisotopic (exact) mass is 479 g/mol. The number of aromatic nitrogens is 3. The van der Waals surface area contributed by atoms with Crippen LogP contribution in [0, 0.1) is 5.41 Å². The summed E-state index contributed by atoms with van der Waals surface area (Å²) in [6, 6.07) is 15.2. The molecular weight excluding hydrogens is 450 g/mol. The first-order valence-electron chi connectivity index (χ1n) is 11.2. The van der Waals surface area contributed by atoms with E-state index in [2.05, 4.69) is 61.5 Å². The lowest BCUT2D eigenvalue weighted by Crippen LogP contribution is -2.27.